The van der Waals surface area contributed by atoms with E-state index in [1.807, 2.05) is 31.7 Å². The smallest absolute Gasteiger partial charge is 0.243 e. The Bertz CT molecular complexity index is 807. The Morgan fingerprint density at radius 3 is 2.28 bits per heavy atom. The van der Waals surface area contributed by atoms with Crippen molar-refractivity contribution in [2.75, 3.05) is 31.1 Å². The Balaban J connectivity index is 1.67. The number of sulfonamides is 1. The molecule has 1 aromatic carbocycles. The molecule has 0 saturated carbocycles. The summed E-state index contributed by atoms with van der Waals surface area (Å²) in [5.74, 6) is 2.17. The van der Waals surface area contributed by atoms with E-state index in [4.69, 9.17) is 9.26 Å². The van der Waals surface area contributed by atoms with Crippen LogP contribution in [0.3, 0.4) is 0 Å². The summed E-state index contributed by atoms with van der Waals surface area (Å²) in [6.45, 7) is 7.70. The largest absolute Gasteiger partial charge is 0.491 e. The van der Waals surface area contributed by atoms with Crippen LogP contribution in [-0.2, 0) is 10.0 Å². The van der Waals surface area contributed by atoms with Gasteiger partial charge in [0.15, 0.2) is 5.82 Å². The lowest BCUT2D eigenvalue weighted by molar-refractivity contribution is 0.242. The predicted octanol–water partition coefficient (Wildman–Crippen LogP) is 2.28. The molecule has 0 atom stereocenters. The number of anilines is 1. The summed E-state index contributed by atoms with van der Waals surface area (Å²) >= 11 is 0. The van der Waals surface area contributed by atoms with Gasteiger partial charge in [-0.1, -0.05) is 5.16 Å². The molecular formula is C17H23N3O4S. The normalized spacial score (nSPS) is 16.4. The number of rotatable bonds is 5. The first kappa shape index (κ1) is 17.8. The van der Waals surface area contributed by atoms with Gasteiger partial charge in [-0.25, -0.2) is 8.42 Å². The number of aryl methyl sites for hydroxylation is 1. The van der Waals surface area contributed by atoms with E-state index in [-0.39, 0.29) is 11.0 Å². The van der Waals surface area contributed by atoms with Gasteiger partial charge in [-0.15, -0.1) is 0 Å². The van der Waals surface area contributed by atoms with Crippen LogP contribution in [-0.4, -0.2) is 50.2 Å². The molecule has 0 spiro atoms. The number of ether oxygens (including phenoxy) is 1. The Morgan fingerprint density at radius 2 is 1.76 bits per heavy atom. The molecule has 1 aliphatic rings. The maximum Gasteiger partial charge on any atom is 0.243 e. The second-order valence-electron chi connectivity index (χ2n) is 6.32. The SMILES string of the molecule is Cc1cc(N2CCN(S(=O)(=O)c3ccc(OC(C)C)cc3)CC2)no1. The first-order valence-corrected chi connectivity index (χ1v) is 9.75. The van der Waals surface area contributed by atoms with E-state index in [0.717, 1.165) is 11.6 Å². The predicted molar refractivity (Wildman–Crippen MR) is 94.4 cm³/mol. The third-order valence-corrected chi connectivity index (χ3v) is 5.92. The van der Waals surface area contributed by atoms with Crippen LogP contribution in [0, 0.1) is 6.92 Å². The molecule has 0 radical (unpaired) electrons. The standard InChI is InChI=1S/C17H23N3O4S/c1-13(2)23-15-4-6-16(7-5-15)25(21,22)20-10-8-19(9-11-20)17-12-14(3)24-18-17/h4-7,12-13H,8-11H2,1-3H3. The number of benzene rings is 1. The molecule has 1 aromatic heterocycles. The number of hydrogen-bond donors (Lipinski definition) is 0. The van der Waals surface area contributed by atoms with Crippen LogP contribution < -0.4 is 9.64 Å². The highest BCUT2D eigenvalue weighted by atomic mass is 32.2. The Kier molecular flexibility index (Phi) is 5.01. The lowest BCUT2D eigenvalue weighted by Gasteiger charge is -2.33. The van der Waals surface area contributed by atoms with Crippen molar-refractivity contribution in [2.45, 2.75) is 31.8 Å². The molecule has 1 fully saturated rings. The van der Waals surface area contributed by atoms with Crippen molar-refractivity contribution in [3.63, 3.8) is 0 Å². The molecule has 136 valence electrons. The van der Waals surface area contributed by atoms with E-state index < -0.39 is 10.0 Å². The van der Waals surface area contributed by atoms with Crippen LogP contribution in [0.1, 0.15) is 19.6 Å². The fraction of sp³-hybridized carbons (Fsp3) is 0.471. The quantitative estimate of drug-likeness (QED) is 0.809. The topological polar surface area (TPSA) is 75.9 Å². The van der Waals surface area contributed by atoms with E-state index in [2.05, 4.69) is 5.16 Å². The molecule has 8 heteroatoms. The number of nitrogens with zero attached hydrogens (tertiary/aromatic N) is 3. The van der Waals surface area contributed by atoms with Crippen LogP contribution in [0.15, 0.2) is 39.8 Å². The molecule has 1 saturated heterocycles. The summed E-state index contributed by atoms with van der Waals surface area (Å²) in [5.41, 5.74) is 0. The van der Waals surface area contributed by atoms with Crippen LogP contribution >= 0.6 is 0 Å². The zero-order valence-corrected chi connectivity index (χ0v) is 15.5. The lowest BCUT2D eigenvalue weighted by atomic mass is 10.3. The molecule has 0 N–H and O–H groups in total. The van der Waals surface area contributed by atoms with E-state index in [1.54, 1.807) is 24.3 Å². The summed E-state index contributed by atoms with van der Waals surface area (Å²) < 4.78 is 37.8. The highest BCUT2D eigenvalue weighted by Crippen LogP contribution is 2.23. The van der Waals surface area contributed by atoms with Crippen molar-refractivity contribution in [1.29, 1.82) is 0 Å². The summed E-state index contributed by atoms with van der Waals surface area (Å²) in [6.07, 6.45) is 0.0516. The fourth-order valence-electron chi connectivity index (χ4n) is 2.77. The molecule has 1 aliphatic heterocycles. The van der Waals surface area contributed by atoms with Gasteiger partial charge in [-0.05, 0) is 45.0 Å². The zero-order valence-electron chi connectivity index (χ0n) is 14.7. The van der Waals surface area contributed by atoms with E-state index in [1.165, 1.54) is 4.31 Å². The number of hydrogen-bond acceptors (Lipinski definition) is 6. The van der Waals surface area contributed by atoms with Gasteiger partial charge in [0.05, 0.1) is 11.0 Å². The van der Waals surface area contributed by atoms with Crippen molar-refractivity contribution in [1.82, 2.24) is 9.46 Å². The summed E-state index contributed by atoms with van der Waals surface area (Å²) in [7, 11) is -3.50. The minimum absolute atomic E-state index is 0.0516. The van der Waals surface area contributed by atoms with Crippen molar-refractivity contribution < 1.29 is 17.7 Å². The number of aromatic nitrogens is 1. The molecule has 0 aliphatic carbocycles. The average Bonchev–Trinajstić information content (AvgIpc) is 3.01. The van der Waals surface area contributed by atoms with Gasteiger partial charge in [0, 0.05) is 32.2 Å². The third-order valence-electron chi connectivity index (χ3n) is 4.01. The minimum Gasteiger partial charge on any atom is -0.491 e. The van der Waals surface area contributed by atoms with Gasteiger partial charge < -0.3 is 14.2 Å². The first-order valence-electron chi connectivity index (χ1n) is 8.31. The van der Waals surface area contributed by atoms with Crippen LogP contribution in [0.4, 0.5) is 5.82 Å². The maximum atomic E-state index is 12.8. The van der Waals surface area contributed by atoms with Crippen molar-refractivity contribution >= 4 is 15.8 Å². The third kappa shape index (κ3) is 3.96. The zero-order chi connectivity index (χ0) is 18.0. The van der Waals surface area contributed by atoms with Gasteiger partial charge in [0.1, 0.15) is 11.5 Å². The molecule has 25 heavy (non-hydrogen) atoms. The fourth-order valence-corrected chi connectivity index (χ4v) is 4.19. The molecule has 0 unspecified atom stereocenters. The summed E-state index contributed by atoms with van der Waals surface area (Å²) in [5, 5.41) is 3.99. The molecule has 0 bridgehead atoms. The maximum absolute atomic E-state index is 12.8. The van der Waals surface area contributed by atoms with Gasteiger partial charge in [-0.3, -0.25) is 0 Å². The molecule has 2 aromatic rings. The minimum atomic E-state index is -3.50. The molecule has 2 heterocycles. The summed E-state index contributed by atoms with van der Waals surface area (Å²) in [6, 6.07) is 8.45. The second kappa shape index (κ2) is 7.05. The van der Waals surface area contributed by atoms with Crippen molar-refractivity contribution in [3.8, 4) is 5.75 Å². The van der Waals surface area contributed by atoms with Crippen molar-refractivity contribution in [3.05, 3.63) is 36.1 Å². The highest BCUT2D eigenvalue weighted by Gasteiger charge is 2.29. The molecular weight excluding hydrogens is 342 g/mol. The Morgan fingerprint density at radius 1 is 1.12 bits per heavy atom. The summed E-state index contributed by atoms with van der Waals surface area (Å²) in [4.78, 5) is 2.32. The molecule has 7 nitrogen and oxygen atoms in total. The second-order valence-corrected chi connectivity index (χ2v) is 8.26. The van der Waals surface area contributed by atoms with Crippen LogP contribution in [0.5, 0.6) is 5.75 Å². The molecule has 3 rings (SSSR count). The lowest BCUT2D eigenvalue weighted by Crippen LogP contribution is -2.48. The van der Waals surface area contributed by atoms with Gasteiger partial charge in [-0.2, -0.15) is 4.31 Å². The average molecular weight is 365 g/mol. The Labute approximate surface area is 148 Å². The first-order chi connectivity index (χ1) is 11.9. The van der Waals surface area contributed by atoms with Gasteiger partial charge in [0.2, 0.25) is 10.0 Å². The van der Waals surface area contributed by atoms with E-state index in [0.29, 0.717) is 31.9 Å². The highest BCUT2D eigenvalue weighted by molar-refractivity contribution is 7.89. The van der Waals surface area contributed by atoms with Crippen LogP contribution in [0.25, 0.3) is 0 Å². The number of piperazine rings is 1. The van der Waals surface area contributed by atoms with E-state index in [9.17, 15) is 8.42 Å². The van der Waals surface area contributed by atoms with E-state index >= 15 is 0 Å². The molecule has 0 amide bonds. The monoisotopic (exact) mass is 365 g/mol. The van der Waals surface area contributed by atoms with Gasteiger partial charge in [0.25, 0.3) is 0 Å². The van der Waals surface area contributed by atoms with Crippen molar-refractivity contribution in [2.24, 2.45) is 0 Å². The van der Waals surface area contributed by atoms with Crippen LogP contribution in [0.2, 0.25) is 0 Å². The Hall–Kier alpha value is -2.06. The van der Waals surface area contributed by atoms with Gasteiger partial charge >= 0.3 is 0 Å².